The van der Waals surface area contributed by atoms with E-state index in [2.05, 4.69) is 5.32 Å². The number of hydrogen-bond acceptors (Lipinski definition) is 8. The van der Waals surface area contributed by atoms with Gasteiger partial charge in [-0.1, -0.05) is 6.92 Å². The number of nitrogens with two attached hydrogens (primary N) is 1. The number of aryl methyl sites for hydroxylation is 1. The highest BCUT2D eigenvalue weighted by atomic mass is 19.1. The van der Waals surface area contributed by atoms with Crippen molar-refractivity contribution in [3.63, 3.8) is 0 Å². The average Bonchev–Trinajstić information content (AvgIpc) is 3.27. The van der Waals surface area contributed by atoms with Crippen LogP contribution in [0.25, 0.3) is 22.3 Å². The summed E-state index contributed by atoms with van der Waals surface area (Å²) in [6, 6.07) is 2.52. The van der Waals surface area contributed by atoms with Crippen molar-refractivity contribution in [2.24, 2.45) is 5.73 Å². The van der Waals surface area contributed by atoms with Crippen LogP contribution in [0.2, 0.25) is 0 Å². The number of carbonyl (C=O) groups is 2. The molecule has 0 saturated heterocycles. The first-order chi connectivity index (χ1) is 18.2. The van der Waals surface area contributed by atoms with Crippen LogP contribution in [-0.2, 0) is 39.4 Å². The molecule has 2 atom stereocenters. The van der Waals surface area contributed by atoms with E-state index in [0.717, 1.165) is 22.1 Å². The molecule has 38 heavy (non-hydrogen) atoms. The Kier molecular flexibility index (Phi) is 5.55. The Morgan fingerprint density at radius 1 is 1.34 bits per heavy atom. The summed E-state index contributed by atoms with van der Waals surface area (Å²) in [6.45, 7) is 3.54. The summed E-state index contributed by atoms with van der Waals surface area (Å²) in [4.78, 5) is 43.4. The molecule has 4 N–H and O–H groups in total. The maximum atomic E-state index is 14.9. The summed E-state index contributed by atoms with van der Waals surface area (Å²) in [5.41, 5.74) is 7.63. The number of aliphatic hydroxyl groups is 1. The highest BCUT2D eigenvalue weighted by Gasteiger charge is 2.46. The second-order valence-electron chi connectivity index (χ2n) is 9.97. The fourth-order valence-electron chi connectivity index (χ4n) is 6.03. The Morgan fingerprint density at radius 2 is 2.13 bits per heavy atom. The quantitative estimate of drug-likeness (QED) is 0.346. The van der Waals surface area contributed by atoms with Crippen LogP contribution in [-0.4, -0.2) is 39.9 Å². The molecular weight excluding hydrogens is 495 g/mol. The van der Waals surface area contributed by atoms with Gasteiger partial charge >= 0.3 is 12.1 Å². The lowest BCUT2D eigenvalue weighted by Gasteiger charge is -2.31. The van der Waals surface area contributed by atoms with E-state index in [1.54, 1.807) is 19.9 Å². The summed E-state index contributed by atoms with van der Waals surface area (Å²) in [7, 11) is 0. The van der Waals surface area contributed by atoms with E-state index in [4.69, 9.17) is 20.2 Å². The van der Waals surface area contributed by atoms with E-state index < -0.39 is 29.3 Å². The van der Waals surface area contributed by atoms with Crippen molar-refractivity contribution in [1.82, 2.24) is 14.9 Å². The van der Waals surface area contributed by atoms with Gasteiger partial charge in [-0.3, -0.25) is 4.79 Å². The first kappa shape index (κ1) is 24.5. The molecule has 10 nitrogen and oxygen atoms in total. The molecule has 0 unspecified atom stereocenters. The molecule has 198 valence electrons. The highest BCUT2D eigenvalue weighted by molar-refractivity contribution is 5.93. The highest BCUT2D eigenvalue weighted by Crippen LogP contribution is 2.45. The molecule has 1 aliphatic carbocycles. The number of nitrogens with zero attached hydrogens (tertiary/aromatic N) is 2. The van der Waals surface area contributed by atoms with E-state index in [1.165, 1.54) is 10.6 Å². The first-order valence-corrected chi connectivity index (χ1v) is 12.6. The third kappa shape index (κ3) is 3.31. The largest absolute Gasteiger partial charge is 0.458 e. The van der Waals surface area contributed by atoms with Gasteiger partial charge in [0.05, 0.1) is 35.1 Å². The molecule has 2 aromatic heterocycles. The van der Waals surface area contributed by atoms with Gasteiger partial charge in [0, 0.05) is 29.1 Å². The minimum Gasteiger partial charge on any atom is -0.458 e. The van der Waals surface area contributed by atoms with Gasteiger partial charge < -0.3 is 30.2 Å². The molecule has 1 aromatic carbocycles. The lowest BCUT2D eigenvalue weighted by atomic mass is 9.81. The fourth-order valence-corrected chi connectivity index (χ4v) is 6.03. The minimum atomic E-state index is -1.95. The van der Waals surface area contributed by atoms with Crippen molar-refractivity contribution in [3.8, 4) is 11.4 Å². The number of ether oxygens (including phenoxy) is 2. The van der Waals surface area contributed by atoms with E-state index >= 15 is 0 Å². The first-order valence-electron chi connectivity index (χ1n) is 12.6. The van der Waals surface area contributed by atoms with Gasteiger partial charge in [-0.15, -0.1) is 0 Å². The van der Waals surface area contributed by atoms with E-state index in [0.29, 0.717) is 35.3 Å². The molecule has 1 amide bonds. The third-order valence-electron chi connectivity index (χ3n) is 8.02. The minimum absolute atomic E-state index is 0.0235. The SMILES string of the molecule is CC[C@@]1(O)C(=O)OCc2c1cc1n(c2=O)Cc2c-1nc1cc(F)c(C)c3c1c2[C@@H](NC(=O)OCCN)CC3. The molecule has 4 heterocycles. The van der Waals surface area contributed by atoms with Gasteiger partial charge in [-0.25, -0.2) is 19.0 Å². The van der Waals surface area contributed by atoms with Crippen LogP contribution >= 0.6 is 0 Å². The van der Waals surface area contributed by atoms with Crippen LogP contribution in [0.15, 0.2) is 16.9 Å². The zero-order valence-electron chi connectivity index (χ0n) is 21.0. The van der Waals surface area contributed by atoms with Gasteiger partial charge in [-0.2, -0.15) is 0 Å². The maximum Gasteiger partial charge on any atom is 0.407 e. The summed E-state index contributed by atoms with van der Waals surface area (Å²) < 4.78 is 26.8. The monoisotopic (exact) mass is 522 g/mol. The van der Waals surface area contributed by atoms with Crippen molar-refractivity contribution >= 4 is 23.0 Å². The second-order valence-corrected chi connectivity index (χ2v) is 9.97. The van der Waals surface area contributed by atoms with Gasteiger partial charge in [0.25, 0.3) is 5.56 Å². The Morgan fingerprint density at radius 3 is 2.87 bits per heavy atom. The lowest BCUT2D eigenvalue weighted by Crippen LogP contribution is -2.44. The molecule has 6 rings (SSSR count). The number of benzene rings is 1. The summed E-state index contributed by atoms with van der Waals surface area (Å²) in [5.74, 6) is -1.19. The number of amides is 1. The van der Waals surface area contributed by atoms with Crippen molar-refractivity contribution < 1.29 is 28.6 Å². The van der Waals surface area contributed by atoms with Gasteiger partial charge in [-0.05, 0) is 48.9 Å². The van der Waals surface area contributed by atoms with Crippen molar-refractivity contribution in [3.05, 3.63) is 61.7 Å². The normalized spacial score (nSPS) is 21.0. The van der Waals surface area contributed by atoms with E-state index in [1.807, 2.05) is 0 Å². The van der Waals surface area contributed by atoms with Crippen molar-refractivity contribution in [2.75, 3.05) is 13.2 Å². The smallest absolute Gasteiger partial charge is 0.407 e. The zero-order chi connectivity index (χ0) is 26.9. The molecule has 0 fully saturated rings. The lowest BCUT2D eigenvalue weighted by molar-refractivity contribution is -0.172. The number of halogens is 1. The summed E-state index contributed by atoms with van der Waals surface area (Å²) in [6.07, 6.45) is 0.434. The molecule has 11 heteroatoms. The molecule has 0 bridgehead atoms. The number of pyridine rings is 2. The number of carbonyl (C=O) groups excluding carboxylic acids is 2. The Balaban J connectivity index is 1.60. The number of hydrogen-bond donors (Lipinski definition) is 3. The van der Waals surface area contributed by atoms with Crippen LogP contribution in [0.1, 0.15) is 59.2 Å². The Bertz CT molecular complexity index is 1620. The van der Waals surface area contributed by atoms with Crippen LogP contribution in [0.4, 0.5) is 9.18 Å². The third-order valence-corrected chi connectivity index (χ3v) is 8.02. The number of cyclic esters (lactones) is 1. The van der Waals surface area contributed by atoms with Crippen molar-refractivity contribution in [1.29, 1.82) is 0 Å². The number of fused-ring (bicyclic) bond motifs is 5. The van der Waals surface area contributed by atoms with Crippen LogP contribution in [0, 0.1) is 12.7 Å². The van der Waals surface area contributed by atoms with Gasteiger partial charge in [0.15, 0.2) is 5.60 Å². The average molecular weight is 523 g/mol. The van der Waals surface area contributed by atoms with Crippen molar-refractivity contribution in [2.45, 2.75) is 57.9 Å². The number of esters is 1. The molecule has 3 aliphatic rings. The molecule has 2 aliphatic heterocycles. The maximum absolute atomic E-state index is 14.9. The number of alkyl carbamates (subject to hydrolysis) is 1. The predicted octanol–water partition coefficient (Wildman–Crippen LogP) is 2.20. The second kappa shape index (κ2) is 8.60. The molecular formula is C27H27FN4O6. The van der Waals surface area contributed by atoms with Crippen LogP contribution in [0.3, 0.4) is 0 Å². The van der Waals surface area contributed by atoms with E-state index in [-0.39, 0.29) is 49.7 Å². The summed E-state index contributed by atoms with van der Waals surface area (Å²) >= 11 is 0. The van der Waals surface area contributed by atoms with Gasteiger partial charge in [0.1, 0.15) is 19.0 Å². The Hall–Kier alpha value is -3.83. The molecule has 0 spiro atoms. The molecule has 0 saturated carbocycles. The zero-order valence-corrected chi connectivity index (χ0v) is 21.0. The number of aromatic nitrogens is 2. The molecule has 0 radical (unpaired) electrons. The molecule has 3 aromatic rings. The topological polar surface area (TPSA) is 146 Å². The fraction of sp³-hybridized carbons (Fsp3) is 0.407. The standard InChI is InChI=1S/C27H27FN4O6/c1-3-27(36)16-8-20-23-14(10-32(20)24(33)15(16)11-38-25(27)34)22-18(31-26(35)37-7-6-29)5-4-13-12(2)17(28)9-19(30-23)21(13)22/h8-9,18,36H,3-7,10-11,29H2,1-2H3,(H,31,35)/t18-,27-/m0/s1. The number of nitrogens with one attached hydrogen (secondary N) is 1. The summed E-state index contributed by atoms with van der Waals surface area (Å²) in [5, 5.41) is 14.8. The Labute approximate surface area is 216 Å². The van der Waals surface area contributed by atoms with E-state index in [9.17, 15) is 23.9 Å². The number of rotatable bonds is 4. The predicted molar refractivity (Wildman–Crippen MR) is 134 cm³/mol. The van der Waals surface area contributed by atoms with Gasteiger partial charge in [0.2, 0.25) is 0 Å². The van der Waals surface area contributed by atoms with Crippen LogP contribution in [0.5, 0.6) is 0 Å². The van der Waals surface area contributed by atoms with Crippen LogP contribution < -0.4 is 16.6 Å².